The molecular formula is C26H40O2P2. The van der Waals surface area contributed by atoms with Gasteiger partial charge in [0, 0.05) is 22.4 Å². The van der Waals surface area contributed by atoms with E-state index in [1.165, 1.54) is 44.5 Å². The Bertz CT molecular complexity index is 816. The third-order valence-electron chi connectivity index (χ3n) is 6.17. The van der Waals surface area contributed by atoms with Crippen LogP contribution in [-0.2, 0) is 0 Å². The van der Waals surface area contributed by atoms with Crippen molar-refractivity contribution >= 4 is 17.6 Å². The Hall–Kier alpha value is -1.10. The lowest BCUT2D eigenvalue weighted by molar-refractivity contribution is 0.602. The lowest BCUT2D eigenvalue weighted by Gasteiger charge is -2.25. The Labute approximate surface area is 188 Å². The van der Waals surface area contributed by atoms with E-state index in [4.69, 9.17) is 9.05 Å². The molecule has 4 heteroatoms. The predicted molar refractivity (Wildman–Crippen MR) is 138 cm³/mol. The number of rotatable bonds is 9. The van der Waals surface area contributed by atoms with E-state index in [9.17, 15) is 0 Å². The van der Waals surface area contributed by atoms with Gasteiger partial charge in [-0.25, -0.2) is 0 Å². The van der Waals surface area contributed by atoms with E-state index in [1.54, 1.807) is 0 Å². The fraction of sp³-hybridized carbons (Fsp3) is 0.538. The summed E-state index contributed by atoms with van der Waals surface area (Å²) in [6, 6.07) is 4.52. The normalized spacial score (nSPS) is 14.1. The summed E-state index contributed by atoms with van der Waals surface area (Å²) in [7, 11) is 0.920. The van der Waals surface area contributed by atoms with Crippen LogP contribution in [0.5, 0.6) is 11.5 Å². The average Bonchev–Trinajstić information content (AvgIpc) is 2.71. The van der Waals surface area contributed by atoms with Gasteiger partial charge in [-0.2, -0.15) is 0 Å². The third kappa shape index (κ3) is 5.57. The summed E-state index contributed by atoms with van der Waals surface area (Å²) in [5.41, 5.74) is 11.1. The van der Waals surface area contributed by atoms with Crippen LogP contribution in [0, 0.1) is 41.5 Å². The maximum atomic E-state index is 6.52. The number of hydrogen-bond donors (Lipinski definition) is 0. The molecule has 0 saturated carbocycles. The van der Waals surface area contributed by atoms with Crippen molar-refractivity contribution in [3.05, 3.63) is 45.5 Å². The highest BCUT2D eigenvalue weighted by Gasteiger charge is 2.23. The topological polar surface area (TPSA) is 18.5 Å². The minimum atomic E-state index is 0.460. The van der Waals surface area contributed by atoms with Crippen molar-refractivity contribution < 1.29 is 9.05 Å². The Kier molecular flexibility index (Phi) is 9.20. The minimum absolute atomic E-state index is 0.460. The molecule has 0 aliphatic rings. The standard InChI is InChI=1S/C26H40O2P2/c1-11-19(7)29-27-25-17(5)13-15(3)21(9)23(25)24-22(10)16(4)14-18(6)26(24)28-30-20(8)12-2/h13-14,19-20,29-30H,11-12H2,1-10H3/t19-,20?/m0/s1. The molecular weight excluding hydrogens is 406 g/mol. The summed E-state index contributed by atoms with van der Waals surface area (Å²) in [5.74, 6) is 2.06. The summed E-state index contributed by atoms with van der Waals surface area (Å²) in [5, 5.41) is 0. The van der Waals surface area contributed by atoms with Crippen LogP contribution in [0.2, 0.25) is 0 Å². The van der Waals surface area contributed by atoms with Crippen LogP contribution in [0.15, 0.2) is 12.1 Å². The molecule has 0 aliphatic heterocycles. The van der Waals surface area contributed by atoms with Crippen molar-refractivity contribution in [3.8, 4) is 22.6 Å². The molecule has 2 aromatic rings. The van der Waals surface area contributed by atoms with Gasteiger partial charge in [-0.05, 0) is 87.8 Å². The van der Waals surface area contributed by atoms with Crippen LogP contribution in [0.25, 0.3) is 11.1 Å². The maximum Gasteiger partial charge on any atom is 0.134 e. The third-order valence-corrected chi connectivity index (χ3v) is 8.43. The van der Waals surface area contributed by atoms with Gasteiger partial charge >= 0.3 is 0 Å². The van der Waals surface area contributed by atoms with E-state index in [0.717, 1.165) is 24.3 Å². The predicted octanol–water partition coefficient (Wildman–Crippen LogP) is 8.75. The monoisotopic (exact) mass is 446 g/mol. The number of hydrogen-bond acceptors (Lipinski definition) is 2. The minimum Gasteiger partial charge on any atom is -0.476 e. The maximum absolute atomic E-state index is 6.52. The van der Waals surface area contributed by atoms with Gasteiger partial charge in [0.1, 0.15) is 11.5 Å². The molecule has 0 aliphatic carbocycles. The first kappa shape index (κ1) is 25.2. The zero-order chi connectivity index (χ0) is 22.6. The van der Waals surface area contributed by atoms with Gasteiger partial charge in [0.15, 0.2) is 0 Å². The molecule has 0 N–H and O–H groups in total. The van der Waals surface area contributed by atoms with E-state index >= 15 is 0 Å². The van der Waals surface area contributed by atoms with Crippen molar-refractivity contribution in [1.82, 2.24) is 0 Å². The van der Waals surface area contributed by atoms with Gasteiger partial charge in [0.05, 0.1) is 17.6 Å². The van der Waals surface area contributed by atoms with E-state index < -0.39 is 0 Å². The SMILES string of the molecule is CCC(C)POc1c(C)cc(C)c(C)c1-c1c(C)c(C)cc(C)c1OP[C@@H](C)CC. The van der Waals surface area contributed by atoms with Gasteiger partial charge in [0.25, 0.3) is 0 Å². The van der Waals surface area contributed by atoms with E-state index in [-0.39, 0.29) is 0 Å². The molecule has 4 atom stereocenters. The van der Waals surface area contributed by atoms with E-state index in [1.807, 2.05) is 0 Å². The van der Waals surface area contributed by atoms with Gasteiger partial charge < -0.3 is 9.05 Å². The van der Waals surface area contributed by atoms with Crippen molar-refractivity contribution in [2.24, 2.45) is 0 Å². The molecule has 0 saturated heterocycles. The van der Waals surface area contributed by atoms with Crippen molar-refractivity contribution in [2.45, 2.75) is 93.4 Å². The zero-order valence-electron chi connectivity index (χ0n) is 20.5. The molecule has 0 bridgehead atoms. The van der Waals surface area contributed by atoms with Crippen LogP contribution in [0.1, 0.15) is 73.9 Å². The van der Waals surface area contributed by atoms with Crippen molar-refractivity contribution in [1.29, 1.82) is 0 Å². The molecule has 2 aromatic carbocycles. The van der Waals surface area contributed by atoms with Crippen LogP contribution in [-0.4, -0.2) is 11.3 Å². The first-order chi connectivity index (χ1) is 14.1. The van der Waals surface area contributed by atoms with Gasteiger partial charge in [0.2, 0.25) is 0 Å². The summed E-state index contributed by atoms with van der Waals surface area (Å²) in [6.07, 6.45) is 2.26. The quantitative estimate of drug-likeness (QED) is 0.359. The van der Waals surface area contributed by atoms with Crippen molar-refractivity contribution in [2.75, 3.05) is 0 Å². The molecule has 0 fully saturated rings. The van der Waals surface area contributed by atoms with Crippen LogP contribution in [0.4, 0.5) is 0 Å². The molecule has 2 rings (SSSR count). The van der Waals surface area contributed by atoms with E-state index in [0.29, 0.717) is 28.9 Å². The van der Waals surface area contributed by atoms with Crippen molar-refractivity contribution in [3.63, 3.8) is 0 Å². The summed E-state index contributed by atoms with van der Waals surface area (Å²) in [4.78, 5) is 0. The summed E-state index contributed by atoms with van der Waals surface area (Å²) < 4.78 is 13.0. The van der Waals surface area contributed by atoms with Gasteiger partial charge in [-0.3, -0.25) is 0 Å². The van der Waals surface area contributed by atoms with Gasteiger partial charge in [-0.15, -0.1) is 0 Å². The second kappa shape index (κ2) is 11.0. The summed E-state index contributed by atoms with van der Waals surface area (Å²) >= 11 is 0. The lowest BCUT2D eigenvalue weighted by atomic mass is 9.87. The zero-order valence-corrected chi connectivity index (χ0v) is 22.5. The van der Waals surface area contributed by atoms with Crippen LogP contribution < -0.4 is 9.05 Å². The molecule has 0 radical (unpaired) electrons. The van der Waals surface area contributed by atoms with Gasteiger partial charge in [-0.1, -0.05) is 39.8 Å². The molecule has 3 unspecified atom stereocenters. The average molecular weight is 447 g/mol. The summed E-state index contributed by atoms with van der Waals surface area (Å²) in [6.45, 7) is 22.2. The Morgan fingerprint density at radius 2 is 0.967 bits per heavy atom. The number of aryl methyl sites for hydroxylation is 4. The Morgan fingerprint density at radius 1 is 0.633 bits per heavy atom. The molecule has 2 nitrogen and oxygen atoms in total. The second-order valence-electron chi connectivity index (χ2n) is 8.74. The second-order valence-corrected chi connectivity index (χ2v) is 11.6. The molecule has 0 amide bonds. The molecule has 0 spiro atoms. The smallest absolute Gasteiger partial charge is 0.134 e. The highest BCUT2D eigenvalue weighted by molar-refractivity contribution is 7.33. The highest BCUT2D eigenvalue weighted by atomic mass is 31.1. The molecule has 166 valence electrons. The Morgan fingerprint density at radius 3 is 1.27 bits per heavy atom. The molecule has 0 aromatic heterocycles. The van der Waals surface area contributed by atoms with E-state index in [2.05, 4.69) is 81.4 Å². The fourth-order valence-electron chi connectivity index (χ4n) is 3.48. The largest absolute Gasteiger partial charge is 0.476 e. The Balaban J connectivity index is 2.75. The molecule has 0 heterocycles. The molecule has 30 heavy (non-hydrogen) atoms. The highest BCUT2D eigenvalue weighted by Crippen LogP contribution is 2.49. The lowest BCUT2D eigenvalue weighted by Crippen LogP contribution is -2.03. The fourth-order valence-corrected chi connectivity index (χ4v) is 4.97. The van der Waals surface area contributed by atoms with Crippen LogP contribution in [0.3, 0.4) is 0 Å². The number of benzene rings is 2. The first-order valence-corrected chi connectivity index (χ1v) is 13.2. The first-order valence-electron chi connectivity index (χ1n) is 11.2. The van der Waals surface area contributed by atoms with Crippen LogP contribution >= 0.6 is 17.6 Å².